The number of nitrogens with one attached hydrogen (secondary N) is 1. The molecule has 0 unspecified atom stereocenters. The Morgan fingerprint density at radius 1 is 1.07 bits per heavy atom. The van der Waals surface area contributed by atoms with Crippen LogP contribution in [0.15, 0.2) is 72.9 Å². The van der Waals surface area contributed by atoms with Crippen LogP contribution in [-0.2, 0) is 0 Å². The molecule has 7 nitrogen and oxygen atoms in total. The molecule has 0 fully saturated rings. The molecule has 3 aromatic rings. The lowest BCUT2D eigenvalue weighted by atomic mass is 10.1. The Labute approximate surface area is 155 Å². The van der Waals surface area contributed by atoms with Crippen LogP contribution < -0.4 is 11.1 Å². The minimum Gasteiger partial charge on any atom is -0.399 e. The number of nitrogen functional groups attached to an aromatic ring is 1. The number of benzene rings is 2. The fourth-order valence-corrected chi connectivity index (χ4v) is 2.37. The molecule has 0 saturated heterocycles. The SMILES string of the molecule is Nc1ccc(C(=O)C=Cc2cccnc2Nc2ccc([N+](=O)[O-])cc2)cc1. The second-order valence-corrected chi connectivity index (χ2v) is 5.69. The topological polar surface area (TPSA) is 111 Å². The van der Waals surface area contributed by atoms with Gasteiger partial charge in [-0.2, -0.15) is 0 Å². The third kappa shape index (κ3) is 4.55. The molecule has 0 amide bonds. The highest BCUT2D eigenvalue weighted by molar-refractivity contribution is 6.07. The lowest BCUT2D eigenvalue weighted by Crippen LogP contribution is -1.98. The number of nitro groups is 1. The van der Waals surface area contributed by atoms with Gasteiger partial charge in [0.1, 0.15) is 5.82 Å². The molecular weight excluding hydrogens is 344 g/mol. The first-order valence-electron chi connectivity index (χ1n) is 8.07. The maximum atomic E-state index is 12.3. The van der Waals surface area contributed by atoms with Crippen LogP contribution in [0.4, 0.5) is 22.9 Å². The van der Waals surface area contributed by atoms with E-state index in [1.54, 1.807) is 54.7 Å². The van der Waals surface area contributed by atoms with E-state index >= 15 is 0 Å². The first-order chi connectivity index (χ1) is 13.0. The molecule has 27 heavy (non-hydrogen) atoms. The van der Waals surface area contributed by atoms with Crippen molar-refractivity contribution in [2.75, 3.05) is 11.1 Å². The van der Waals surface area contributed by atoms with Crippen LogP contribution in [-0.4, -0.2) is 15.7 Å². The third-order valence-corrected chi connectivity index (χ3v) is 3.79. The zero-order chi connectivity index (χ0) is 19.2. The van der Waals surface area contributed by atoms with Crippen molar-refractivity contribution >= 4 is 34.7 Å². The highest BCUT2D eigenvalue weighted by Crippen LogP contribution is 2.22. The smallest absolute Gasteiger partial charge is 0.269 e. The lowest BCUT2D eigenvalue weighted by Gasteiger charge is -2.08. The second-order valence-electron chi connectivity index (χ2n) is 5.69. The van der Waals surface area contributed by atoms with E-state index in [4.69, 9.17) is 5.73 Å². The second kappa shape index (κ2) is 7.92. The summed E-state index contributed by atoms with van der Waals surface area (Å²) < 4.78 is 0. The molecule has 134 valence electrons. The Morgan fingerprint density at radius 2 is 1.78 bits per heavy atom. The summed E-state index contributed by atoms with van der Waals surface area (Å²) in [6.07, 6.45) is 4.75. The molecule has 7 heteroatoms. The summed E-state index contributed by atoms with van der Waals surface area (Å²) in [6, 6.07) is 16.3. The van der Waals surface area contributed by atoms with Crippen LogP contribution in [0.1, 0.15) is 15.9 Å². The number of carbonyl (C=O) groups is 1. The van der Waals surface area contributed by atoms with Gasteiger partial charge in [-0.25, -0.2) is 4.98 Å². The van der Waals surface area contributed by atoms with Crippen LogP contribution in [0, 0.1) is 10.1 Å². The zero-order valence-electron chi connectivity index (χ0n) is 14.2. The van der Waals surface area contributed by atoms with Crippen LogP contribution >= 0.6 is 0 Å². The van der Waals surface area contributed by atoms with Crippen molar-refractivity contribution in [3.8, 4) is 0 Å². The third-order valence-electron chi connectivity index (χ3n) is 3.79. The Morgan fingerprint density at radius 3 is 2.44 bits per heavy atom. The summed E-state index contributed by atoms with van der Waals surface area (Å²) in [4.78, 5) is 26.8. The maximum Gasteiger partial charge on any atom is 0.269 e. The first-order valence-corrected chi connectivity index (χ1v) is 8.07. The summed E-state index contributed by atoms with van der Waals surface area (Å²) in [7, 11) is 0. The number of aromatic nitrogens is 1. The molecule has 0 saturated carbocycles. The fraction of sp³-hybridized carbons (Fsp3) is 0. The van der Waals surface area contributed by atoms with Crippen molar-refractivity contribution in [3.05, 3.63) is 94.2 Å². The Kier molecular flexibility index (Phi) is 5.22. The maximum absolute atomic E-state index is 12.3. The van der Waals surface area contributed by atoms with Crippen LogP contribution in [0.5, 0.6) is 0 Å². The minimum atomic E-state index is -0.457. The number of pyridine rings is 1. The average Bonchev–Trinajstić information content (AvgIpc) is 2.68. The fourth-order valence-electron chi connectivity index (χ4n) is 2.37. The first kappa shape index (κ1) is 17.8. The lowest BCUT2D eigenvalue weighted by molar-refractivity contribution is -0.384. The standard InChI is InChI=1S/C20H16N4O3/c21-16-6-3-14(4-7-16)19(25)12-5-15-2-1-13-22-20(15)23-17-8-10-18(11-9-17)24(26)27/h1-13H,21H2,(H,22,23). The number of hydrogen-bond donors (Lipinski definition) is 2. The van der Waals surface area contributed by atoms with Gasteiger partial charge in [0.2, 0.25) is 0 Å². The molecule has 0 aliphatic heterocycles. The van der Waals surface area contributed by atoms with Crippen molar-refractivity contribution in [2.45, 2.75) is 0 Å². The summed E-state index contributed by atoms with van der Waals surface area (Å²) >= 11 is 0. The number of non-ortho nitro benzene ring substituents is 1. The number of ketones is 1. The number of allylic oxidation sites excluding steroid dienone is 1. The zero-order valence-corrected chi connectivity index (χ0v) is 14.2. The number of nitrogens with two attached hydrogens (primary N) is 1. The molecule has 1 aromatic heterocycles. The number of hydrogen-bond acceptors (Lipinski definition) is 6. The predicted molar refractivity (Wildman–Crippen MR) is 105 cm³/mol. The van der Waals surface area contributed by atoms with Crippen molar-refractivity contribution < 1.29 is 9.72 Å². The number of nitrogens with zero attached hydrogens (tertiary/aromatic N) is 2. The van der Waals surface area contributed by atoms with Gasteiger partial charge in [-0.05, 0) is 60.7 Å². The summed E-state index contributed by atoms with van der Waals surface area (Å²) in [5.74, 6) is 0.382. The summed E-state index contributed by atoms with van der Waals surface area (Å²) in [5, 5.41) is 13.8. The molecule has 0 atom stereocenters. The van der Waals surface area contributed by atoms with Gasteiger partial charge < -0.3 is 11.1 Å². The van der Waals surface area contributed by atoms with Gasteiger partial charge in [0.25, 0.3) is 5.69 Å². The number of carbonyl (C=O) groups excluding carboxylic acids is 1. The molecule has 0 radical (unpaired) electrons. The molecule has 3 N–H and O–H groups in total. The number of rotatable bonds is 6. The van der Waals surface area contributed by atoms with Gasteiger partial charge >= 0.3 is 0 Å². The molecule has 0 aliphatic carbocycles. The van der Waals surface area contributed by atoms with Crippen molar-refractivity contribution in [2.24, 2.45) is 0 Å². The Hall–Kier alpha value is -4.00. The number of anilines is 3. The van der Waals surface area contributed by atoms with Crippen LogP contribution in [0.2, 0.25) is 0 Å². The quantitative estimate of drug-likeness (QED) is 0.224. The van der Waals surface area contributed by atoms with Crippen molar-refractivity contribution in [3.63, 3.8) is 0 Å². The van der Waals surface area contributed by atoms with Crippen LogP contribution in [0.3, 0.4) is 0 Å². The van der Waals surface area contributed by atoms with E-state index in [9.17, 15) is 14.9 Å². The highest BCUT2D eigenvalue weighted by Gasteiger charge is 2.07. The van der Waals surface area contributed by atoms with E-state index in [1.807, 2.05) is 6.07 Å². The van der Waals surface area contributed by atoms with E-state index in [1.165, 1.54) is 18.2 Å². The summed E-state index contributed by atoms with van der Waals surface area (Å²) in [6.45, 7) is 0. The van der Waals surface area contributed by atoms with E-state index < -0.39 is 4.92 Å². The van der Waals surface area contributed by atoms with E-state index in [2.05, 4.69) is 10.3 Å². The Bertz CT molecular complexity index is 996. The molecule has 2 aromatic carbocycles. The monoisotopic (exact) mass is 360 g/mol. The van der Waals surface area contributed by atoms with Crippen molar-refractivity contribution in [1.29, 1.82) is 0 Å². The molecular formula is C20H16N4O3. The minimum absolute atomic E-state index is 0.00999. The summed E-state index contributed by atoms with van der Waals surface area (Å²) in [5.41, 5.74) is 8.13. The van der Waals surface area contributed by atoms with Gasteiger partial charge in [0.15, 0.2) is 5.78 Å². The van der Waals surface area contributed by atoms with Crippen LogP contribution in [0.25, 0.3) is 6.08 Å². The van der Waals surface area contributed by atoms with Crippen molar-refractivity contribution in [1.82, 2.24) is 4.98 Å². The van der Waals surface area contributed by atoms with E-state index in [0.29, 0.717) is 28.3 Å². The average molecular weight is 360 g/mol. The van der Waals surface area contributed by atoms with Gasteiger partial charge in [-0.3, -0.25) is 14.9 Å². The Balaban J connectivity index is 1.78. The molecule has 3 rings (SSSR count). The predicted octanol–water partition coefficient (Wildman–Crippen LogP) is 4.21. The van der Waals surface area contributed by atoms with E-state index in [-0.39, 0.29) is 11.5 Å². The molecule has 1 heterocycles. The van der Waals surface area contributed by atoms with Gasteiger partial charge in [0, 0.05) is 40.8 Å². The van der Waals surface area contributed by atoms with Gasteiger partial charge in [-0.1, -0.05) is 0 Å². The largest absolute Gasteiger partial charge is 0.399 e. The van der Waals surface area contributed by atoms with Gasteiger partial charge in [0.05, 0.1) is 4.92 Å². The normalized spacial score (nSPS) is 10.7. The molecule has 0 aliphatic rings. The van der Waals surface area contributed by atoms with Gasteiger partial charge in [-0.15, -0.1) is 0 Å². The highest BCUT2D eigenvalue weighted by atomic mass is 16.6. The molecule has 0 spiro atoms. The molecule has 0 bridgehead atoms. The van der Waals surface area contributed by atoms with E-state index in [0.717, 1.165) is 0 Å². The number of nitro benzene ring substituents is 1.